The molecule has 0 saturated heterocycles. The van der Waals surface area contributed by atoms with E-state index in [0.29, 0.717) is 38.9 Å². The molecule has 0 spiro atoms. The molecule has 0 aromatic rings. The van der Waals surface area contributed by atoms with Gasteiger partial charge in [-0.05, 0) is 25.7 Å². The Hall–Kier alpha value is -0.160. The molecular formula is C10H20O4. The molecule has 0 amide bonds. The van der Waals surface area contributed by atoms with Crippen LogP contribution in [0.1, 0.15) is 25.7 Å². The van der Waals surface area contributed by atoms with E-state index in [1.165, 1.54) is 0 Å². The molecule has 14 heavy (non-hydrogen) atoms. The van der Waals surface area contributed by atoms with Gasteiger partial charge in [0.1, 0.15) is 0 Å². The van der Waals surface area contributed by atoms with Crippen LogP contribution in [-0.2, 0) is 9.47 Å². The zero-order valence-electron chi connectivity index (χ0n) is 8.95. The summed E-state index contributed by atoms with van der Waals surface area (Å²) in [6.07, 6.45) is 2.28. The number of aliphatic hydroxyl groups is 2. The van der Waals surface area contributed by atoms with Crippen LogP contribution in [0.3, 0.4) is 0 Å². The van der Waals surface area contributed by atoms with Crippen molar-refractivity contribution < 1.29 is 19.7 Å². The van der Waals surface area contributed by atoms with E-state index < -0.39 is 11.2 Å². The van der Waals surface area contributed by atoms with Crippen LogP contribution >= 0.6 is 0 Å². The molecule has 1 aliphatic rings. The van der Waals surface area contributed by atoms with Gasteiger partial charge in [0.2, 0.25) is 0 Å². The van der Waals surface area contributed by atoms with Gasteiger partial charge < -0.3 is 19.7 Å². The van der Waals surface area contributed by atoms with Crippen LogP contribution in [0.15, 0.2) is 0 Å². The van der Waals surface area contributed by atoms with Crippen LogP contribution < -0.4 is 0 Å². The lowest BCUT2D eigenvalue weighted by molar-refractivity contribution is -0.126. The molecule has 0 aromatic heterocycles. The fraction of sp³-hybridized carbons (Fsp3) is 1.00. The summed E-state index contributed by atoms with van der Waals surface area (Å²) in [5.41, 5.74) is -1.51. The number of hydrogen-bond acceptors (Lipinski definition) is 4. The summed E-state index contributed by atoms with van der Waals surface area (Å²) in [6, 6.07) is 0. The van der Waals surface area contributed by atoms with Crippen molar-refractivity contribution in [2.45, 2.75) is 36.9 Å². The largest absolute Gasteiger partial charge is 0.387 e. The maximum Gasteiger partial charge on any atom is 0.0882 e. The van der Waals surface area contributed by atoms with Gasteiger partial charge in [0.15, 0.2) is 0 Å². The zero-order chi connectivity index (χ0) is 10.7. The van der Waals surface area contributed by atoms with Crippen molar-refractivity contribution in [3.63, 3.8) is 0 Å². The SMILES string of the molecule is COCC1(O)CCC(O)(COC)CC1. The normalized spacial score (nSPS) is 38.6. The number of ether oxygens (including phenoxy) is 2. The smallest absolute Gasteiger partial charge is 0.0882 e. The number of rotatable bonds is 4. The average Bonchev–Trinajstić information content (AvgIpc) is 2.13. The third-order valence-electron chi connectivity index (χ3n) is 2.94. The van der Waals surface area contributed by atoms with Gasteiger partial charge in [0.05, 0.1) is 24.4 Å². The molecule has 1 saturated carbocycles. The minimum Gasteiger partial charge on any atom is -0.387 e. The molecule has 2 N–H and O–H groups in total. The molecule has 0 aromatic carbocycles. The average molecular weight is 204 g/mol. The molecule has 0 heterocycles. The van der Waals surface area contributed by atoms with Crippen molar-refractivity contribution in [1.82, 2.24) is 0 Å². The molecule has 0 atom stereocenters. The summed E-state index contributed by atoms with van der Waals surface area (Å²) in [5, 5.41) is 20.0. The Kier molecular flexibility index (Phi) is 3.89. The van der Waals surface area contributed by atoms with E-state index in [1.54, 1.807) is 14.2 Å². The maximum absolute atomic E-state index is 9.99. The van der Waals surface area contributed by atoms with E-state index in [4.69, 9.17) is 9.47 Å². The minimum absolute atomic E-state index is 0.343. The summed E-state index contributed by atoms with van der Waals surface area (Å²) < 4.78 is 9.90. The van der Waals surface area contributed by atoms with E-state index >= 15 is 0 Å². The quantitative estimate of drug-likeness (QED) is 0.692. The Bertz CT molecular complexity index is 153. The van der Waals surface area contributed by atoms with Crippen molar-refractivity contribution >= 4 is 0 Å². The van der Waals surface area contributed by atoms with Gasteiger partial charge in [-0.2, -0.15) is 0 Å². The van der Waals surface area contributed by atoms with Crippen LogP contribution in [0.2, 0.25) is 0 Å². The monoisotopic (exact) mass is 204 g/mol. The van der Waals surface area contributed by atoms with Crippen molar-refractivity contribution in [3.05, 3.63) is 0 Å². The lowest BCUT2D eigenvalue weighted by Crippen LogP contribution is -2.47. The second-order valence-corrected chi connectivity index (χ2v) is 4.31. The van der Waals surface area contributed by atoms with E-state index in [1.807, 2.05) is 0 Å². The summed E-state index contributed by atoms with van der Waals surface area (Å²) in [7, 11) is 3.15. The van der Waals surface area contributed by atoms with Gasteiger partial charge >= 0.3 is 0 Å². The summed E-state index contributed by atoms with van der Waals surface area (Å²) in [5.74, 6) is 0. The van der Waals surface area contributed by atoms with E-state index in [9.17, 15) is 10.2 Å². The minimum atomic E-state index is -0.755. The molecular weight excluding hydrogens is 184 g/mol. The first-order chi connectivity index (χ1) is 6.54. The summed E-state index contributed by atoms with van der Waals surface area (Å²) in [4.78, 5) is 0. The molecule has 0 bridgehead atoms. The van der Waals surface area contributed by atoms with Crippen LogP contribution in [0.5, 0.6) is 0 Å². The van der Waals surface area contributed by atoms with Gasteiger partial charge in [-0.3, -0.25) is 0 Å². The van der Waals surface area contributed by atoms with Crippen LogP contribution in [0.25, 0.3) is 0 Å². The van der Waals surface area contributed by atoms with Crippen LogP contribution in [-0.4, -0.2) is 48.8 Å². The Morgan fingerprint density at radius 3 is 1.36 bits per heavy atom. The molecule has 4 nitrogen and oxygen atoms in total. The fourth-order valence-electron chi connectivity index (χ4n) is 2.01. The fourth-order valence-corrected chi connectivity index (χ4v) is 2.01. The summed E-state index contributed by atoms with van der Waals surface area (Å²) in [6.45, 7) is 0.687. The number of methoxy groups -OCH3 is 2. The topological polar surface area (TPSA) is 58.9 Å². The second kappa shape index (κ2) is 4.57. The first-order valence-corrected chi connectivity index (χ1v) is 4.96. The Morgan fingerprint density at radius 2 is 1.14 bits per heavy atom. The standard InChI is InChI=1S/C10H20O4/c1-13-7-9(11)3-5-10(12,6-4-9)8-14-2/h11-12H,3-8H2,1-2H3. The maximum atomic E-state index is 9.99. The zero-order valence-corrected chi connectivity index (χ0v) is 8.95. The molecule has 0 unspecified atom stereocenters. The molecule has 84 valence electrons. The first kappa shape index (κ1) is 11.9. The molecule has 4 heteroatoms. The highest BCUT2D eigenvalue weighted by atomic mass is 16.5. The third kappa shape index (κ3) is 2.92. The lowest BCUT2D eigenvalue weighted by atomic mass is 9.77. The lowest BCUT2D eigenvalue weighted by Gasteiger charge is -2.40. The Balaban J connectivity index is 2.44. The predicted octanol–water partition coefficient (Wildman–Crippen LogP) is 0.315. The molecule has 0 aliphatic heterocycles. The van der Waals surface area contributed by atoms with Gasteiger partial charge in [-0.1, -0.05) is 0 Å². The van der Waals surface area contributed by atoms with E-state index in [2.05, 4.69) is 0 Å². The van der Waals surface area contributed by atoms with Crippen LogP contribution in [0.4, 0.5) is 0 Å². The van der Waals surface area contributed by atoms with Gasteiger partial charge in [0, 0.05) is 14.2 Å². The predicted molar refractivity (Wildman–Crippen MR) is 52.1 cm³/mol. The molecule has 1 aliphatic carbocycles. The highest BCUT2D eigenvalue weighted by molar-refractivity contribution is 4.93. The van der Waals surface area contributed by atoms with Crippen LogP contribution in [0, 0.1) is 0 Å². The Morgan fingerprint density at radius 1 is 0.857 bits per heavy atom. The molecule has 1 fully saturated rings. The van der Waals surface area contributed by atoms with E-state index in [-0.39, 0.29) is 0 Å². The Labute approximate surface area is 84.8 Å². The highest BCUT2D eigenvalue weighted by Crippen LogP contribution is 2.35. The summed E-state index contributed by atoms with van der Waals surface area (Å²) >= 11 is 0. The molecule has 1 rings (SSSR count). The van der Waals surface area contributed by atoms with Crippen molar-refractivity contribution in [2.75, 3.05) is 27.4 Å². The first-order valence-electron chi connectivity index (χ1n) is 4.96. The van der Waals surface area contributed by atoms with E-state index in [0.717, 1.165) is 0 Å². The van der Waals surface area contributed by atoms with Gasteiger partial charge in [0.25, 0.3) is 0 Å². The number of hydrogen-bond donors (Lipinski definition) is 2. The highest BCUT2D eigenvalue weighted by Gasteiger charge is 2.40. The van der Waals surface area contributed by atoms with Gasteiger partial charge in [-0.15, -0.1) is 0 Å². The molecule has 0 radical (unpaired) electrons. The van der Waals surface area contributed by atoms with Gasteiger partial charge in [-0.25, -0.2) is 0 Å². The third-order valence-corrected chi connectivity index (χ3v) is 2.94. The van der Waals surface area contributed by atoms with Crippen molar-refractivity contribution in [3.8, 4) is 0 Å². The van der Waals surface area contributed by atoms with Crippen molar-refractivity contribution in [2.24, 2.45) is 0 Å². The second-order valence-electron chi connectivity index (χ2n) is 4.31. The van der Waals surface area contributed by atoms with Crippen molar-refractivity contribution in [1.29, 1.82) is 0 Å².